The van der Waals surface area contributed by atoms with Crippen LogP contribution in [0.1, 0.15) is 11.3 Å². The van der Waals surface area contributed by atoms with Gasteiger partial charge in [-0.3, -0.25) is 9.78 Å². The van der Waals surface area contributed by atoms with Crippen LogP contribution in [0.25, 0.3) is 21.3 Å². The van der Waals surface area contributed by atoms with Gasteiger partial charge < -0.3 is 5.32 Å². The number of sulfone groups is 1. The molecule has 2 aromatic heterocycles. The van der Waals surface area contributed by atoms with Crippen molar-refractivity contribution in [1.29, 1.82) is 0 Å². The number of carbonyl (C=O) groups excluding carboxylic acids is 1. The van der Waals surface area contributed by atoms with E-state index >= 15 is 0 Å². The molecule has 4 aromatic rings. The molecule has 30 heavy (non-hydrogen) atoms. The maximum Gasteiger partial charge on any atom is 0.230 e. The van der Waals surface area contributed by atoms with Crippen LogP contribution in [-0.4, -0.2) is 30.5 Å². The number of aryl methyl sites for hydroxylation is 1. The molecule has 0 saturated heterocycles. The highest BCUT2D eigenvalue weighted by atomic mass is 32.2. The molecule has 0 aliphatic carbocycles. The second-order valence-electron chi connectivity index (χ2n) is 7.03. The van der Waals surface area contributed by atoms with Gasteiger partial charge >= 0.3 is 0 Å². The Labute approximate surface area is 178 Å². The highest BCUT2D eigenvalue weighted by molar-refractivity contribution is 7.90. The number of benzene rings is 2. The number of hydrogen-bond acceptors (Lipinski definition) is 6. The van der Waals surface area contributed by atoms with E-state index in [9.17, 15) is 13.2 Å². The third kappa shape index (κ3) is 4.55. The Bertz CT molecular complexity index is 1340. The highest BCUT2D eigenvalue weighted by Gasteiger charge is 2.12. The average Bonchev–Trinajstić information content (AvgIpc) is 3.09. The van der Waals surface area contributed by atoms with Crippen molar-refractivity contribution >= 4 is 42.4 Å². The van der Waals surface area contributed by atoms with Gasteiger partial charge in [-0.2, -0.15) is 0 Å². The van der Waals surface area contributed by atoms with Gasteiger partial charge in [-0.05, 0) is 53.9 Å². The van der Waals surface area contributed by atoms with Crippen molar-refractivity contribution in [3.63, 3.8) is 0 Å². The van der Waals surface area contributed by atoms with Gasteiger partial charge in [0.2, 0.25) is 5.91 Å². The molecule has 0 saturated carbocycles. The topological polar surface area (TPSA) is 89.0 Å². The summed E-state index contributed by atoms with van der Waals surface area (Å²) in [6.45, 7) is 1.95. The van der Waals surface area contributed by atoms with Crippen LogP contribution >= 0.6 is 11.3 Å². The average molecular weight is 438 g/mol. The summed E-state index contributed by atoms with van der Waals surface area (Å²) in [6.07, 6.45) is 3.17. The second kappa shape index (κ2) is 7.97. The molecule has 0 fully saturated rings. The van der Waals surface area contributed by atoms with Gasteiger partial charge in [0.25, 0.3) is 0 Å². The quantitative estimate of drug-likeness (QED) is 0.504. The maximum absolute atomic E-state index is 12.4. The van der Waals surface area contributed by atoms with E-state index < -0.39 is 9.84 Å². The first-order chi connectivity index (χ1) is 14.3. The molecule has 1 amide bonds. The number of pyridine rings is 1. The molecule has 2 aromatic carbocycles. The first-order valence-corrected chi connectivity index (χ1v) is 11.9. The predicted octanol–water partition coefficient (Wildman–Crippen LogP) is 4.25. The number of aromatic nitrogens is 2. The first kappa shape index (κ1) is 20.2. The normalized spacial score (nSPS) is 11.5. The van der Waals surface area contributed by atoms with Gasteiger partial charge in [0, 0.05) is 18.1 Å². The lowest BCUT2D eigenvalue weighted by Gasteiger charge is -2.05. The van der Waals surface area contributed by atoms with E-state index in [0.29, 0.717) is 15.3 Å². The van der Waals surface area contributed by atoms with Crippen molar-refractivity contribution in [3.05, 3.63) is 72.1 Å². The van der Waals surface area contributed by atoms with Gasteiger partial charge in [-0.1, -0.05) is 35.6 Å². The Morgan fingerprint density at radius 3 is 2.50 bits per heavy atom. The van der Waals surface area contributed by atoms with Crippen LogP contribution in [0.2, 0.25) is 0 Å². The van der Waals surface area contributed by atoms with E-state index in [4.69, 9.17) is 0 Å². The Balaban J connectivity index is 1.45. The zero-order chi connectivity index (χ0) is 21.3. The number of carbonyl (C=O) groups is 1. The number of hydrogen-bond donors (Lipinski definition) is 1. The number of thiazole rings is 1. The fraction of sp³-hybridized carbons (Fsp3) is 0.136. The molecule has 0 aliphatic rings. The molecular formula is C22H19N3O3S2. The summed E-state index contributed by atoms with van der Waals surface area (Å²) < 4.78 is 24.1. The minimum atomic E-state index is -3.29. The Hall–Kier alpha value is -3.10. The summed E-state index contributed by atoms with van der Waals surface area (Å²) in [7, 11) is -3.29. The van der Waals surface area contributed by atoms with Crippen LogP contribution in [0.15, 0.2) is 65.7 Å². The SMILES string of the molecule is Cc1cc(-c2ccc(CC(=O)Nc3nc4ccc(S(C)(=O)=O)cc4s3)cc2)ccn1. The van der Waals surface area contributed by atoms with Crippen LogP contribution in [0.3, 0.4) is 0 Å². The Morgan fingerprint density at radius 2 is 1.80 bits per heavy atom. The summed E-state index contributed by atoms with van der Waals surface area (Å²) in [5.41, 5.74) is 4.65. The molecule has 0 unspecified atom stereocenters. The molecule has 2 heterocycles. The molecule has 0 atom stereocenters. The molecule has 6 nitrogen and oxygen atoms in total. The van der Waals surface area contributed by atoms with Gasteiger partial charge in [0.1, 0.15) is 0 Å². The van der Waals surface area contributed by atoms with Gasteiger partial charge in [-0.15, -0.1) is 0 Å². The van der Waals surface area contributed by atoms with Crippen molar-refractivity contribution in [2.24, 2.45) is 0 Å². The molecular weight excluding hydrogens is 418 g/mol. The van der Waals surface area contributed by atoms with E-state index in [1.165, 1.54) is 23.7 Å². The third-order valence-corrected chi connectivity index (χ3v) is 6.63. The van der Waals surface area contributed by atoms with Crippen LogP contribution in [-0.2, 0) is 21.1 Å². The fourth-order valence-electron chi connectivity index (χ4n) is 3.08. The Kier molecular flexibility index (Phi) is 5.36. The van der Waals surface area contributed by atoms with Gasteiger partial charge in [0.05, 0.1) is 21.5 Å². The molecule has 8 heteroatoms. The largest absolute Gasteiger partial charge is 0.302 e. The molecule has 4 rings (SSSR count). The van der Waals surface area contributed by atoms with Crippen molar-refractivity contribution in [3.8, 4) is 11.1 Å². The van der Waals surface area contributed by atoms with E-state index in [0.717, 1.165) is 22.4 Å². The molecule has 152 valence electrons. The minimum absolute atomic E-state index is 0.176. The number of amides is 1. The first-order valence-electron chi connectivity index (χ1n) is 9.20. The highest BCUT2D eigenvalue weighted by Crippen LogP contribution is 2.28. The summed E-state index contributed by atoms with van der Waals surface area (Å²) in [4.78, 5) is 21.2. The van der Waals surface area contributed by atoms with Crippen LogP contribution in [0.5, 0.6) is 0 Å². The number of anilines is 1. The van der Waals surface area contributed by atoms with E-state index in [1.54, 1.807) is 18.3 Å². The molecule has 0 aliphatic heterocycles. The monoisotopic (exact) mass is 437 g/mol. The smallest absolute Gasteiger partial charge is 0.230 e. The summed E-state index contributed by atoms with van der Waals surface area (Å²) >= 11 is 1.25. The van der Waals surface area contributed by atoms with E-state index in [-0.39, 0.29) is 17.2 Å². The molecule has 0 radical (unpaired) electrons. The van der Waals surface area contributed by atoms with Crippen molar-refractivity contribution in [2.75, 3.05) is 11.6 Å². The zero-order valence-corrected chi connectivity index (χ0v) is 18.0. The summed E-state index contributed by atoms with van der Waals surface area (Å²) in [5, 5.41) is 3.25. The number of nitrogens with one attached hydrogen (secondary N) is 1. The van der Waals surface area contributed by atoms with Crippen LogP contribution < -0.4 is 5.32 Å². The number of nitrogens with zero attached hydrogens (tertiary/aromatic N) is 2. The summed E-state index contributed by atoms with van der Waals surface area (Å²) in [5.74, 6) is -0.176. The zero-order valence-electron chi connectivity index (χ0n) is 16.4. The molecule has 1 N–H and O–H groups in total. The lowest BCUT2D eigenvalue weighted by atomic mass is 10.0. The molecule has 0 spiro atoms. The fourth-order valence-corrected chi connectivity index (χ4v) is 4.72. The van der Waals surface area contributed by atoms with E-state index in [2.05, 4.69) is 15.3 Å². The van der Waals surface area contributed by atoms with Crippen molar-refractivity contribution in [1.82, 2.24) is 9.97 Å². The predicted molar refractivity (Wildman–Crippen MR) is 119 cm³/mol. The minimum Gasteiger partial charge on any atom is -0.302 e. The maximum atomic E-state index is 12.4. The number of rotatable bonds is 5. The van der Waals surface area contributed by atoms with Gasteiger partial charge in [-0.25, -0.2) is 13.4 Å². The number of fused-ring (bicyclic) bond motifs is 1. The Morgan fingerprint density at radius 1 is 1.03 bits per heavy atom. The van der Waals surface area contributed by atoms with Crippen molar-refractivity contribution in [2.45, 2.75) is 18.2 Å². The second-order valence-corrected chi connectivity index (χ2v) is 10.1. The lowest BCUT2D eigenvalue weighted by molar-refractivity contribution is -0.115. The summed E-state index contributed by atoms with van der Waals surface area (Å²) in [6, 6.07) is 16.6. The lowest BCUT2D eigenvalue weighted by Crippen LogP contribution is -2.14. The van der Waals surface area contributed by atoms with E-state index in [1.807, 2.05) is 43.3 Å². The van der Waals surface area contributed by atoms with Crippen LogP contribution in [0.4, 0.5) is 5.13 Å². The van der Waals surface area contributed by atoms with Gasteiger partial charge in [0.15, 0.2) is 15.0 Å². The van der Waals surface area contributed by atoms with Crippen LogP contribution in [0, 0.1) is 6.92 Å². The third-order valence-electron chi connectivity index (χ3n) is 4.58. The molecule has 0 bridgehead atoms. The standard InChI is InChI=1S/C22H19N3O3S2/c1-14-11-17(9-10-23-14)16-5-3-15(4-6-16)12-21(26)25-22-24-19-8-7-18(30(2,27)28)13-20(19)29-22/h3-11,13H,12H2,1-2H3,(H,24,25,26). The van der Waals surface area contributed by atoms with Crippen molar-refractivity contribution < 1.29 is 13.2 Å².